The predicted octanol–water partition coefficient (Wildman–Crippen LogP) is 5.01. The van der Waals surface area contributed by atoms with Crippen LogP contribution in [0.5, 0.6) is 11.5 Å². The van der Waals surface area contributed by atoms with E-state index in [9.17, 15) is 9.59 Å². The van der Waals surface area contributed by atoms with Gasteiger partial charge in [0.1, 0.15) is 4.88 Å². The first-order valence-corrected chi connectivity index (χ1v) is 11.7. The Kier molecular flexibility index (Phi) is 8.12. The van der Waals surface area contributed by atoms with Crippen LogP contribution in [0, 0.1) is 27.7 Å². The highest BCUT2D eigenvalue weighted by Gasteiger charge is 2.18. The quantitative estimate of drug-likeness (QED) is 0.419. The van der Waals surface area contributed by atoms with Crippen molar-refractivity contribution in [1.29, 1.82) is 0 Å². The van der Waals surface area contributed by atoms with E-state index in [0.29, 0.717) is 40.2 Å². The van der Waals surface area contributed by atoms with Crippen LogP contribution in [0.4, 0.5) is 15.6 Å². The largest absolute Gasteiger partial charge is 0.493 e. The molecule has 0 bridgehead atoms. The summed E-state index contributed by atoms with van der Waals surface area (Å²) in [7, 11) is 3.17. The fourth-order valence-electron chi connectivity index (χ4n) is 3.71. The zero-order valence-corrected chi connectivity index (χ0v) is 21.1. The number of methoxy groups -OCH3 is 2. The fraction of sp³-hybridized carbons (Fsp3) is 0.320. The van der Waals surface area contributed by atoms with Crippen molar-refractivity contribution in [2.75, 3.05) is 31.4 Å². The van der Waals surface area contributed by atoms with Crippen LogP contribution in [0.3, 0.4) is 0 Å². The number of urea groups is 1. The average Bonchev–Trinajstić information content (AvgIpc) is 3.15. The summed E-state index contributed by atoms with van der Waals surface area (Å²) in [6, 6.07) is 9.31. The summed E-state index contributed by atoms with van der Waals surface area (Å²) < 4.78 is 10.5. The lowest BCUT2D eigenvalue weighted by Gasteiger charge is -2.12. The van der Waals surface area contributed by atoms with Crippen molar-refractivity contribution >= 4 is 34.1 Å². The second-order valence-corrected chi connectivity index (χ2v) is 8.98. The third-order valence-corrected chi connectivity index (χ3v) is 6.36. The smallest absolute Gasteiger partial charge is 0.321 e. The number of thiazole rings is 1. The summed E-state index contributed by atoms with van der Waals surface area (Å²) in [6.45, 7) is 8.13. The lowest BCUT2D eigenvalue weighted by molar-refractivity contribution is 0.102. The van der Waals surface area contributed by atoms with Gasteiger partial charge in [0, 0.05) is 12.2 Å². The first-order chi connectivity index (χ1) is 16.2. The van der Waals surface area contributed by atoms with Crippen LogP contribution < -0.4 is 25.4 Å². The lowest BCUT2D eigenvalue weighted by Crippen LogP contribution is -2.30. The maximum absolute atomic E-state index is 12.9. The van der Waals surface area contributed by atoms with Gasteiger partial charge in [-0.15, -0.1) is 0 Å². The molecule has 0 spiro atoms. The highest BCUT2D eigenvalue weighted by atomic mass is 32.1. The van der Waals surface area contributed by atoms with Gasteiger partial charge in [0.15, 0.2) is 16.6 Å². The molecular formula is C25H30N4O4S. The van der Waals surface area contributed by atoms with Gasteiger partial charge in [-0.3, -0.25) is 10.1 Å². The lowest BCUT2D eigenvalue weighted by atomic mass is 10.1. The molecule has 3 aromatic rings. The molecule has 0 aliphatic carbocycles. The summed E-state index contributed by atoms with van der Waals surface area (Å²) in [6.07, 6.45) is 0.619. The molecule has 8 nitrogen and oxygen atoms in total. The molecule has 0 unspecified atom stereocenters. The van der Waals surface area contributed by atoms with E-state index < -0.39 is 0 Å². The van der Waals surface area contributed by atoms with Crippen molar-refractivity contribution in [2.45, 2.75) is 34.1 Å². The van der Waals surface area contributed by atoms with E-state index in [1.807, 2.05) is 51.1 Å². The van der Waals surface area contributed by atoms with Crippen molar-refractivity contribution in [1.82, 2.24) is 10.3 Å². The number of hydrogen-bond acceptors (Lipinski definition) is 6. The topological polar surface area (TPSA) is 102 Å². The van der Waals surface area contributed by atoms with Crippen molar-refractivity contribution < 1.29 is 19.1 Å². The Morgan fingerprint density at radius 3 is 2.26 bits per heavy atom. The second kappa shape index (κ2) is 11.0. The highest BCUT2D eigenvalue weighted by molar-refractivity contribution is 7.17. The van der Waals surface area contributed by atoms with Crippen LogP contribution in [0.15, 0.2) is 30.3 Å². The molecule has 0 atom stereocenters. The molecule has 2 aromatic carbocycles. The number of aromatic nitrogens is 1. The number of carbonyl (C=O) groups excluding carboxylic acids is 2. The first kappa shape index (κ1) is 25.0. The molecule has 0 saturated carbocycles. The minimum atomic E-state index is -0.383. The van der Waals surface area contributed by atoms with E-state index in [-0.39, 0.29) is 11.9 Å². The number of carbonyl (C=O) groups is 2. The van der Waals surface area contributed by atoms with Gasteiger partial charge >= 0.3 is 6.03 Å². The SMILES string of the molecule is COc1ccc(CCNC(=O)Nc2nc(C)c(C(=O)Nc3c(C)cc(C)cc3C)s2)cc1OC. The molecule has 0 radical (unpaired) electrons. The van der Waals surface area contributed by atoms with E-state index in [2.05, 4.69) is 20.9 Å². The summed E-state index contributed by atoms with van der Waals surface area (Å²) in [4.78, 5) is 30.0. The number of ether oxygens (including phenoxy) is 2. The second-order valence-electron chi connectivity index (χ2n) is 7.98. The monoisotopic (exact) mass is 482 g/mol. The molecule has 1 aromatic heterocycles. The Bertz CT molecular complexity index is 1180. The van der Waals surface area contributed by atoms with E-state index in [1.165, 1.54) is 0 Å². The number of nitrogens with zero attached hydrogens (tertiary/aromatic N) is 1. The maximum Gasteiger partial charge on any atom is 0.321 e. The van der Waals surface area contributed by atoms with Crippen molar-refractivity contribution in [2.24, 2.45) is 0 Å². The Hall–Kier alpha value is -3.59. The number of anilines is 2. The van der Waals surface area contributed by atoms with Gasteiger partial charge in [-0.2, -0.15) is 0 Å². The average molecular weight is 483 g/mol. The van der Waals surface area contributed by atoms with Gasteiger partial charge < -0.3 is 20.1 Å². The zero-order valence-electron chi connectivity index (χ0n) is 20.3. The number of aryl methyl sites for hydroxylation is 4. The summed E-state index contributed by atoms with van der Waals surface area (Å²) in [5.74, 6) is 1.06. The molecule has 0 aliphatic heterocycles. The highest BCUT2D eigenvalue weighted by Crippen LogP contribution is 2.28. The van der Waals surface area contributed by atoms with Crippen LogP contribution in [-0.4, -0.2) is 37.7 Å². The van der Waals surface area contributed by atoms with Crippen LogP contribution in [0.25, 0.3) is 0 Å². The first-order valence-electron chi connectivity index (χ1n) is 10.8. The maximum atomic E-state index is 12.9. The molecule has 34 heavy (non-hydrogen) atoms. The van der Waals surface area contributed by atoms with Gasteiger partial charge in [0.2, 0.25) is 0 Å². The predicted molar refractivity (Wildman–Crippen MR) is 136 cm³/mol. The molecule has 0 saturated heterocycles. The van der Waals surface area contributed by atoms with E-state index in [4.69, 9.17) is 9.47 Å². The molecule has 0 aliphatic rings. The van der Waals surface area contributed by atoms with Crippen LogP contribution in [-0.2, 0) is 6.42 Å². The summed E-state index contributed by atoms with van der Waals surface area (Å²) in [5.41, 5.74) is 5.51. The Balaban J connectivity index is 1.57. The Morgan fingerprint density at radius 2 is 1.62 bits per heavy atom. The molecule has 1 heterocycles. The van der Waals surface area contributed by atoms with Crippen molar-refractivity contribution in [3.8, 4) is 11.5 Å². The standard InChI is InChI=1S/C25H30N4O4S/c1-14-11-15(2)21(16(3)12-14)28-23(30)22-17(4)27-25(34-22)29-24(31)26-10-9-18-7-8-19(32-5)20(13-18)33-6/h7-8,11-13H,9-10H2,1-6H3,(H,28,30)(H2,26,27,29,31). The van der Waals surface area contributed by atoms with Crippen LogP contribution in [0.1, 0.15) is 37.6 Å². The molecular weight excluding hydrogens is 452 g/mol. The molecule has 0 fully saturated rings. The third-order valence-electron chi connectivity index (χ3n) is 5.29. The minimum Gasteiger partial charge on any atom is -0.493 e. The number of nitrogens with one attached hydrogen (secondary N) is 3. The van der Waals surface area contributed by atoms with Gasteiger partial charge in [0.05, 0.1) is 19.9 Å². The third kappa shape index (κ3) is 6.05. The molecule has 3 rings (SSSR count). The van der Waals surface area contributed by atoms with Gasteiger partial charge in [-0.1, -0.05) is 35.1 Å². The fourth-order valence-corrected chi connectivity index (χ4v) is 4.56. The molecule has 3 N–H and O–H groups in total. The number of amides is 3. The number of benzene rings is 2. The normalized spacial score (nSPS) is 10.5. The van der Waals surface area contributed by atoms with Crippen LogP contribution in [0.2, 0.25) is 0 Å². The Labute approximate surface area is 203 Å². The number of hydrogen-bond donors (Lipinski definition) is 3. The molecule has 180 valence electrons. The zero-order chi connectivity index (χ0) is 24.8. The van der Waals surface area contributed by atoms with Gasteiger partial charge in [-0.25, -0.2) is 9.78 Å². The van der Waals surface area contributed by atoms with E-state index in [1.54, 1.807) is 21.1 Å². The minimum absolute atomic E-state index is 0.244. The molecule has 3 amide bonds. The molecule has 9 heteroatoms. The van der Waals surface area contributed by atoms with E-state index >= 15 is 0 Å². The summed E-state index contributed by atoms with van der Waals surface area (Å²) in [5, 5.41) is 8.87. The van der Waals surface area contributed by atoms with Crippen molar-refractivity contribution in [3.05, 3.63) is 63.2 Å². The van der Waals surface area contributed by atoms with E-state index in [0.717, 1.165) is 39.3 Å². The van der Waals surface area contributed by atoms with Gasteiger partial charge in [-0.05, 0) is 62.9 Å². The Morgan fingerprint density at radius 1 is 0.941 bits per heavy atom. The van der Waals surface area contributed by atoms with Crippen LogP contribution >= 0.6 is 11.3 Å². The van der Waals surface area contributed by atoms with Gasteiger partial charge in [0.25, 0.3) is 5.91 Å². The van der Waals surface area contributed by atoms with Crippen molar-refractivity contribution in [3.63, 3.8) is 0 Å². The summed E-state index contributed by atoms with van der Waals surface area (Å²) >= 11 is 1.14. The number of rotatable bonds is 8.